The maximum atomic E-state index is 13.4. The van der Waals surface area contributed by atoms with Gasteiger partial charge in [-0.3, -0.25) is 9.59 Å². The maximum absolute atomic E-state index is 13.4. The lowest BCUT2D eigenvalue weighted by Crippen LogP contribution is -2.38. The molecule has 7 heteroatoms. The summed E-state index contributed by atoms with van der Waals surface area (Å²) in [4.78, 5) is 23.4. The van der Waals surface area contributed by atoms with Crippen LogP contribution in [0.4, 0.5) is 8.78 Å². The number of hydrogen-bond donors (Lipinski definition) is 2. The van der Waals surface area contributed by atoms with Gasteiger partial charge in [0.1, 0.15) is 24.0 Å². The van der Waals surface area contributed by atoms with E-state index in [1.54, 1.807) is 0 Å². The fraction of sp³-hybridized carbons (Fsp3) is 0.222. The average Bonchev–Trinajstić information content (AvgIpc) is 2.56. The van der Waals surface area contributed by atoms with Crippen molar-refractivity contribution in [3.8, 4) is 5.75 Å². The van der Waals surface area contributed by atoms with Crippen molar-refractivity contribution >= 4 is 11.8 Å². The number of rotatable bonds is 7. The second-order valence-corrected chi connectivity index (χ2v) is 5.32. The molecule has 25 heavy (non-hydrogen) atoms. The first-order chi connectivity index (χ1) is 12.0. The molecule has 132 valence electrons. The van der Waals surface area contributed by atoms with Crippen LogP contribution in [0.3, 0.4) is 0 Å². The third-order valence-corrected chi connectivity index (χ3v) is 3.27. The molecule has 0 bridgehead atoms. The number of aryl methyl sites for hydroxylation is 1. The minimum absolute atomic E-state index is 0.257. The Morgan fingerprint density at radius 3 is 2.60 bits per heavy atom. The van der Waals surface area contributed by atoms with Crippen LogP contribution in [-0.4, -0.2) is 31.5 Å². The van der Waals surface area contributed by atoms with Crippen LogP contribution >= 0.6 is 0 Å². The Balaban J connectivity index is 1.69. The van der Waals surface area contributed by atoms with Crippen molar-refractivity contribution in [1.29, 1.82) is 0 Å². The standard InChI is InChI=1S/C18H18F2N2O3/c1-12-3-2-4-14(9-12)25-8-7-21-17(23)11-22-18(24)15-6-5-13(19)10-16(15)20/h2-6,9-10H,7-8,11H2,1H3,(H,21,23)(H,22,24). The largest absolute Gasteiger partial charge is 0.492 e. The highest BCUT2D eigenvalue weighted by Crippen LogP contribution is 2.11. The van der Waals surface area contributed by atoms with Gasteiger partial charge in [-0.15, -0.1) is 0 Å². The molecule has 0 radical (unpaired) electrons. The van der Waals surface area contributed by atoms with E-state index >= 15 is 0 Å². The number of ether oxygens (including phenoxy) is 1. The van der Waals surface area contributed by atoms with Gasteiger partial charge in [-0.05, 0) is 36.8 Å². The van der Waals surface area contributed by atoms with Crippen molar-refractivity contribution in [1.82, 2.24) is 10.6 Å². The first-order valence-corrected chi connectivity index (χ1v) is 7.65. The van der Waals surface area contributed by atoms with Crippen molar-refractivity contribution in [3.05, 3.63) is 65.2 Å². The van der Waals surface area contributed by atoms with Gasteiger partial charge in [0.2, 0.25) is 5.91 Å². The van der Waals surface area contributed by atoms with E-state index in [9.17, 15) is 18.4 Å². The highest BCUT2D eigenvalue weighted by atomic mass is 19.1. The molecule has 2 rings (SSSR count). The molecule has 0 aliphatic rings. The monoisotopic (exact) mass is 348 g/mol. The van der Waals surface area contributed by atoms with E-state index in [1.165, 1.54) is 0 Å². The van der Waals surface area contributed by atoms with E-state index in [-0.39, 0.29) is 25.3 Å². The second kappa shape index (κ2) is 8.77. The second-order valence-electron chi connectivity index (χ2n) is 5.32. The summed E-state index contributed by atoms with van der Waals surface area (Å²) in [6.07, 6.45) is 0. The number of carbonyl (C=O) groups excluding carboxylic acids is 2. The average molecular weight is 348 g/mol. The van der Waals surface area contributed by atoms with Crippen LogP contribution in [0.25, 0.3) is 0 Å². The van der Waals surface area contributed by atoms with Crippen molar-refractivity contribution in [2.75, 3.05) is 19.7 Å². The van der Waals surface area contributed by atoms with Crippen molar-refractivity contribution in [2.24, 2.45) is 0 Å². The van der Waals surface area contributed by atoms with Crippen LogP contribution in [0.15, 0.2) is 42.5 Å². The van der Waals surface area contributed by atoms with Gasteiger partial charge in [-0.25, -0.2) is 8.78 Å². The fourth-order valence-electron chi connectivity index (χ4n) is 2.06. The molecule has 0 saturated carbocycles. The number of carbonyl (C=O) groups is 2. The molecule has 0 saturated heterocycles. The van der Waals surface area contributed by atoms with Crippen LogP contribution in [0, 0.1) is 18.6 Å². The fourth-order valence-corrected chi connectivity index (χ4v) is 2.06. The third kappa shape index (κ3) is 5.87. The summed E-state index contributed by atoms with van der Waals surface area (Å²) in [5.74, 6) is -2.29. The van der Waals surface area contributed by atoms with Crippen molar-refractivity contribution < 1.29 is 23.1 Å². The number of nitrogens with one attached hydrogen (secondary N) is 2. The zero-order valence-corrected chi connectivity index (χ0v) is 13.6. The smallest absolute Gasteiger partial charge is 0.254 e. The molecule has 0 aliphatic carbocycles. The summed E-state index contributed by atoms with van der Waals surface area (Å²) in [6, 6.07) is 10.1. The van der Waals surface area contributed by atoms with E-state index in [2.05, 4.69) is 10.6 Å². The van der Waals surface area contributed by atoms with Gasteiger partial charge in [-0.2, -0.15) is 0 Å². The van der Waals surface area contributed by atoms with Crippen LogP contribution in [-0.2, 0) is 4.79 Å². The molecule has 0 aromatic heterocycles. The summed E-state index contributed by atoms with van der Waals surface area (Å²) in [7, 11) is 0. The molecular weight excluding hydrogens is 330 g/mol. The Bertz CT molecular complexity index is 766. The Labute approximate surface area is 144 Å². The predicted molar refractivity (Wildman–Crippen MR) is 88.4 cm³/mol. The summed E-state index contributed by atoms with van der Waals surface area (Å²) in [6.45, 7) is 2.16. The van der Waals surface area contributed by atoms with Crippen LogP contribution in [0.2, 0.25) is 0 Å². The molecule has 0 fully saturated rings. The first-order valence-electron chi connectivity index (χ1n) is 7.65. The van der Waals surface area contributed by atoms with E-state index in [0.29, 0.717) is 11.8 Å². The summed E-state index contributed by atoms with van der Waals surface area (Å²) in [5, 5.41) is 4.84. The Morgan fingerprint density at radius 1 is 1.08 bits per heavy atom. The van der Waals surface area contributed by atoms with Crippen LogP contribution in [0.5, 0.6) is 5.75 Å². The van der Waals surface area contributed by atoms with E-state index in [1.807, 2.05) is 31.2 Å². The minimum Gasteiger partial charge on any atom is -0.492 e. The number of hydrogen-bond acceptors (Lipinski definition) is 3. The highest BCUT2D eigenvalue weighted by molar-refractivity contribution is 5.96. The predicted octanol–water partition coefficient (Wildman–Crippen LogP) is 2.20. The molecule has 2 amide bonds. The van der Waals surface area contributed by atoms with E-state index < -0.39 is 23.4 Å². The van der Waals surface area contributed by atoms with Crippen molar-refractivity contribution in [2.45, 2.75) is 6.92 Å². The normalized spacial score (nSPS) is 10.2. The highest BCUT2D eigenvalue weighted by Gasteiger charge is 2.13. The summed E-state index contributed by atoms with van der Waals surface area (Å²) < 4.78 is 31.7. The van der Waals surface area contributed by atoms with Gasteiger partial charge >= 0.3 is 0 Å². The van der Waals surface area contributed by atoms with Crippen LogP contribution < -0.4 is 15.4 Å². The van der Waals surface area contributed by atoms with Gasteiger partial charge in [0, 0.05) is 6.07 Å². The maximum Gasteiger partial charge on any atom is 0.254 e. The first kappa shape index (κ1) is 18.4. The van der Waals surface area contributed by atoms with Gasteiger partial charge in [0.15, 0.2) is 0 Å². The molecule has 5 nitrogen and oxygen atoms in total. The quantitative estimate of drug-likeness (QED) is 0.754. The molecule has 0 spiro atoms. The topological polar surface area (TPSA) is 67.4 Å². The summed E-state index contributed by atoms with van der Waals surface area (Å²) >= 11 is 0. The molecule has 2 aromatic rings. The van der Waals surface area contributed by atoms with E-state index in [0.717, 1.165) is 17.7 Å². The Hall–Kier alpha value is -2.96. The molecule has 2 N–H and O–H groups in total. The van der Waals surface area contributed by atoms with Gasteiger partial charge in [-0.1, -0.05) is 12.1 Å². The molecule has 0 heterocycles. The van der Waals surface area contributed by atoms with Gasteiger partial charge < -0.3 is 15.4 Å². The Morgan fingerprint density at radius 2 is 1.88 bits per heavy atom. The SMILES string of the molecule is Cc1cccc(OCCNC(=O)CNC(=O)c2ccc(F)cc2F)c1. The zero-order valence-electron chi connectivity index (χ0n) is 13.6. The van der Waals surface area contributed by atoms with Gasteiger partial charge in [0.25, 0.3) is 5.91 Å². The molecule has 0 atom stereocenters. The van der Waals surface area contributed by atoms with Crippen molar-refractivity contribution in [3.63, 3.8) is 0 Å². The number of amides is 2. The molecular formula is C18H18F2N2O3. The van der Waals surface area contributed by atoms with E-state index in [4.69, 9.17) is 4.74 Å². The van der Waals surface area contributed by atoms with Crippen LogP contribution in [0.1, 0.15) is 15.9 Å². The summed E-state index contributed by atoms with van der Waals surface area (Å²) in [5.41, 5.74) is 0.745. The lowest BCUT2D eigenvalue weighted by Gasteiger charge is -2.09. The molecule has 2 aromatic carbocycles. The lowest BCUT2D eigenvalue weighted by molar-refractivity contribution is -0.120. The van der Waals surface area contributed by atoms with Gasteiger partial charge in [0.05, 0.1) is 18.7 Å². The Kier molecular flexibility index (Phi) is 6.45. The number of halogens is 2. The minimum atomic E-state index is -0.982. The number of benzene rings is 2. The lowest BCUT2D eigenvalue weighted by atomic mass is 10.2. The zero-order chi connectivity index (χ0) is 18.2. The molecule has 0 aliphatic heterocycles. The third-order valence-electron chi connectivity index (χ3n) is 3.27. The molecule has 0 unspecified atom stereocenters.